The van der Waals surface area contributed by atoms with Gasteiger partial charge in [0.2, 0.25) is 5.95 Å². The van der Waals surface area contributed by atoms with Crippen LogP contribution in [-0.4, -0.2) is 21.9 Å². The highest BCUT2D eigenvalue weighted by Gasteiger charge is 2.18. The normalized spacial score (nSPS) is 14.7. The van der Waals surface area contributed by atoms with Crippen molar-refractivity contribution in [1.82, 2.24) is 9.97 Å². The first-order valence-corrected chi connectivity index (χ1v) is 9.05. The summed E-state index contributed by atoms with van der Waals surface area (Å²) >= 11 is 0. The molecule has 1 saturated carbocycles. The second-order valence-corrected chi connectivity index (χ2v) is 7.04. The molecule has 1 fully saturated rings. The van der Waals surface area contributed by atoms with Gasteiger partial charge in [-0.25, -0.2) is 9.97 Å². The van der Waals surface area contributed by atoms with E-state index >= 15 is 0 Å². The lowest BCUT2D eigenvalue weighted by atomic mass is 9.98. The van der Waals surface area contributed by atoms with Crippen molar-refractivity contribution in [3.05, 3.63) is 47.3 Å². The zero-order valence-electron chi connectivity index (χ0n) is 15.2. The average Bonchev–Trinajstić information content (AvgIpc) is 3.09. The molecule has 0 bridgehead atoms. The third-order valence-electron chi connectivity index (χ3n) is 4.74. The van der Waals surface area contributed by atoms with E-state index in [9.17, 15) is 4.79 Å². The molecule has 0 aliphatic heterocycles. The van der Waals surface area contributed by atoms with Crippen molar-refractivity contribution >= 4 is 17.5 Å². The Bertz CT molecular complexity index is 751. The zero-order chi connectivity index (χ0) is 17.8. The largest absolute Gasteiger partial charge is 0.351 e. The minimum atomic E-state index is -0.201. The van der Waals surface area contributed by atoms with E-state index in [2.05, 4.69) is 40.5 Å². The lowest BCUT2D eigenvalue weighted by molar-refractivity contribution is 0.102. The molecule has 0 saturated heterocycles. The summed E-state index contributed by atoms with van der Waals surface area (Å²) in [6, 6.07) is 8.16. The number of aromatic nitrogens is 2. The van der Waals surface area contributed by atoms with Crippen molar-refractivity contribution in [3.8, 4) is 0 Å². The maximum Gasteiger partial charge on any atom is 0.274 e. The van der Waals surface area contributed by atoms with E-state index in [0.717, 1.165) is 29.7 Å². The number of anilines is 2. The van der Waals surface area contributed by atoms with Crippen LogP contribution in [0.15, 0.2) is 30.5 Å². The monoisotopic (exact) mass is 338 g/mol. The molecule has 1 aliphatic carbocycles. The summed E-state index contributed by atoms with van der Waals surface area (Å²) in [6.45, 7) is 6.26. The van der Waals surface area contributed by atoms with Crippen molar-refractivity contribution in [1.29, 1.82) is 0 Å². The molecule has 132 valence electrons. The van der Waals surface area contributed by atoms with Crippen molar-refractivity contribution in [2.75, 3.05) is 10.6 Å². The van der Waals surface area contributed by atoms with Crippen molar-refractivity contribution < 1.29 is 4.79 Å². The van der Waals surface area contributed by atoms with Crippen molar-refractivity contribution in [2.45, 2.75) is 58.4 Å². The fourth-order valence-electron chi connectivity index (χ4n) is 3.33. The van der Waals surface area contributed by atoms with Crippen molar-refractivity contribution in [2.24, 2.45) is 0 Å². The topological polar surface area (TPSA) is 66.9 Å². The molecule has 5 heteroatoms. The highest BCUT2D eigenvalue weighted by atomic mass is 16.1. The van der Waals surface area contributed by atoms with Gasteiger partial charge in [-0.2, -0.15) is 0 Å². The third-order valence-corrected chi connectivity index (χ3v) is 4.74. The molecule has 1 aliphatic rings. The van der Waals surface area contributed by atoms with Gasteiger partial charge in [-0.05, 0) is 42.9 Å². The smallest absolute Gasteiger partial charge is 0.274 e. The Labute approximate surface area is 149 Å². The van der Waals surface area contributed by atoms with E-state index in [1.807, 2.05) is 19.1 Å². The van der Waals surface area contributed by atoms with E-state index in [1.54, 1.807) is 12.3 Å². The van der Waals surface area contributed by atoms with Gasteiger partial charge < -0.3 is 10.6 Å². The maximum absolute atomic E-state index is 12.7. The number of benzene rings is 1. The third kappa shape index (κ3) is 4.16. The summed E-state index contributed by atoms with van der Waals surface area (Å²) in [5.74, 6) is 0.668. The van der Waals surface area contributed by atoms with Gasteiger partial charge in [-0.3, -0.25) is 4.79 Å². The van der Waals surface area contributed by atoms with Crippen LogP contribution in [0.5, 0.6) is 0 Å². The fraction of sp³-hybridized carbons (Fsp3) is 0.450. The van der Waals surface area contributed by atoms with Gasteiger partial charge in [-0.15, -0.1) is 0 Å². The Morgan fingerprint density at radius 3 is 2.68 bits per heavy atom. The molecule has 0 spiro atoms. The number of carbonyl (C=O) groups is 1. The first-order chi connectivity index (χ1) is 12.0. The Balaban J connectivity index is 1.78. The van der Waals surface area contributed by atoms with Gasteiger partial charge in [0.05, 0.1) is 0 Å². The molecule has 2 aromatic rings. The highest BCUT2D eigenvalue weighted by molar-refractivity contribution is 6.03. The molecule has 25 heavy (non-hydrogen) atoms. The molecule has 1 aromatic heterocycles. The van der Waals surface area contributed by atoms with Gasteiger partial charge >= 0.3 is 0 Å². The van der Waals surface area contributed by atoms with Crippen LogP contribution in [0.25, 0.3) is 0 Å². The van der Waals surface area contributed by atoms with Crippen molar-refractivity contribution in [3.63, 3.8) is 0 Å². The number of nitrogens with zero attached hydrogens (tertiary/aromatic N) is 2. The van der Waals surface area contributed by atoms with Crippen LogP contribution in [-0.2, 0) is 0 Å². The average molecular weight is 338 g/mol. The summed E-state index contributed by atoms with van der Waals surface area (Å²) in [5, 5.41) is 6.38. The summed E-state index contributed by atoms with van der Waals surface area (Å²) < 4.78 is 0. The van der Waals surface area contributed by atoms with Gasteiger partial charge in [0.25, 0.3) is 5.91 Å². The van der Waals surface area contributed by atoms with E-state index in [4.69, 9.17) is 0 Å². The lowest BCUT2D eigenvalue weighted by Gasteiger charge is -2.16. The number of aryl methyl sites for hydroxylation is 1. The number of amides is 1. The molecule has 1 amide bonds. The number of hydrogen-bond acceptors (Lipinski definition) is 4. The Kier molecular flexibility index (Phi) is 5.31. The standard InChI is InChI=1S/C20H26N4O/c1-13(2)16-10-6-7-14(3)18(16)24-19(25)17-11-12-21-20(23-17)22-15-8-4-5-9-15/h6-7,10-13,15H,4-5,8-9H2,1-3H3,(H,24,25)(H,21,22,23). The van der Waals surface area contributed by atoms with E-state index in [0.29, 0.717) is 23.6 Å². The van der Waals surface area contributed by atoms with E-state index < -0.39 is 0 Å². The van der Waals surface area contributed by atoms with Gasteiger partial charge in [0.15, 0.2) is 0 Å². The van der Waals surface area contributed by atoms with E-state index in [1.165, 1.54) is 12.8 Å². The predicted molar refractivity (Wildman–Crippen MR) is 101 cm³/mol. The summed E-state index contributed by atoms with van der Waals surface area (Å²) in [5.41, 5.74) is 3.45. The second kappa shape index (κ2) is 7.64. The lowest BCUT2D eigenvalue weighted by Crippen LogP contribution is -2.20. The predicted octanol–water partition coefficient (Wildman–Crippen LogP) is 4.52. The maximum atomic E-state index is 12.7. The van der Waals surface area contributed by atoms with E-state index in [-0.39, 0.29) is 5.91 Å². The molecule has 2 N–H and O–H groups in total. The van der Waals surface area contributed by atoms with Crippen LogP contribution < -0.4 is 10.6 Å². The fourth-order valence-corrected chi connectivity index (χ4v) is 3.33. The molecule has 0 radical (unpaired) electrons. The molecule has 1 aromatic carbocycles. The van der Waals surface area contributed by atoms with Crippen LogP contribution in [0.1, 0.15) is 67.1 Å². The summed E-state index contributed by atoms with van der Waals surface area (Å²) in [6.07, 6.45) is 6.40. The first kappa shape index (κ1) is 17.4. The van der Waals surface area contributed by atoms with Gasteiger partial charge in [0, 0.05) is 17.9 Å². The van der Waals surface area contributed by atoms with Crippen LogP contribution in [0, 0.1) is 6.92 Å². The zero-order valence-corrected chi connectivity index (χ0v) is 15.2. The molecule has 3 rings (SSSR count). The van der Waals surface area contributed by atoms with Crippen LogP contribution in [0.3, 0.4) is 0 Å². The van der Waals surface area contributed by atoms with Gasteiger partial charge in [0.1, 0.15) is 5.69 Å². The van der Waals surface area contributed by atoms with Crippen LogP contribution >= 0.6 is 0 Å². The minimum Gasteiger partial charge on any atom is -0.351 e. The van der Waals surface area contributed by atoms with Crippen LogP contribution in [0.4, 0.5) is 11.6 Å². The summed E-state index contributed by atoms with van der Waals surface area (Å²) in [4.78, 5) is 21.4. The number of para-hydroxylation sites is 1. The Morgan fingerprint density at radius 2 is 1.96 bits per heavy atom. The Hall–Kier alpha value is -2.43. The molecule has 1 heterocycles. The first-order valence-electron chi connectivity index (χ1n) is 9.05. The number of carbonyl (C=O) groups excluding carboxylic acids is 1. The Morgan fingerprint density at radius 1 is 1.20 bits per heavy atom. The second-order valence-electron chi connectivity index (χ2n) is 7.04. The van der Waals surface area contributed by atoms with Crippen LogP contribution in [0.2, 0.25) is 0 Å². The molecule has 0 atom stereocenters. The summed E-state index contributed by atoms with van der Waals surface area (Å²) in [7, 11) is 0. The number of hydrogen-bond donors (Lipinski definition) is 2. The van der Waals surface area contributed by atoms with Gasteiger partial charge in [-0.1, -0.05) is 44.9 Å². The minimum absolute atomic E-state index is 0.201. The SMILES string of the molecule is Cc1cccc(C(C)C)c1NC(=O)c1ccnc(NC2CCCC2)n1. The molecular weight excluding hydrogens is 312 g/mol. The molecule has 5 nitrogen and oxygen atoms in total. The quantitative estimate of drug-likeness (QED) is 0.841. The molecular formula is C20H26N4O. The number of rotatable bonds is 5. The highest BCUT2D eigenvalue weighted by Crippen LogP contribution is 2.28. The molecule has 0 unspecified atom stereocenters. The number of nitrogens with one attached hydrogen (secondary N) is 2.